The SMILES string of the molecule is CC(N)Cc1cnc(-c2ccoc2)nc1. The zero-order chi connectivity index (χ0) is 10.7. The van der Waals surface area contributed by atoms with Crippen molar-refractivity contribution in [1.29, 1.82) is 0 Å². The molecule has 0 aliphatic carbocycles. The summed E-state index contributed by atoms with van der Waals surface area (Å²) in [6, 6.07) is 1.97. The van der Waals surface area contributed by atoms with Gasteiger partial charge in [0.15, 0.2) is 5.82 Å². The lowest BCUT2D eigenvalue weighted by Crippen LogP contribution is -2.17. The Kier molecular flexibility index (Phi) is 2.78. The number of nitrogens with two attached hydrogens (primary N) is 1. The summed E-state index contributed by atoms with van der Waals surface area (Å²) >= 11 is 0. The maximum Gasteiger partial charge on any atom is 0.162 e. The number of hydrogen-bond donors (Lipinski definition) is 1. The highest BCUT2D eigenvalue weighted by Gasteiger charge is 2.03. The molecule has 2 rings (SSSR count). The zero-order valence-electron chi connectivity index (χ0n) is 8.55. The molecular weight excluding hydrogens is 190 g/mol. The summed E-state index contributed by atoms with van der Waals surface area (Å²) in [5.41, 5.74) is 7.63. The van der Waals surface area contributed by atoms with Crippen molar-refractivity contribution >= 4 is 0 Å². The van der Waals surface area contributed by atoms with Crippen molar-refractivity contribution in [2.75, 3.05) is 0 Å². The van der Waals surface area contributed by atoms with E-state index in [2.05, 4.69) is 9.97 Å². The lowest BCUT2D eigenvalue weighted by Gasteiger charge is -2.04. The first kappa shape index (κ1) is 9.86. The fourth-order valence-electron chi connectivity index (χ4n) is 1.37. The van der Waals surface area contributed by atoms with Gasteiger partial charge >= 0.3 is 0 Å². The molecule has 15 heavy (non-hydrogen) atoms. The molecule has 78 valence electrons. The quantitative estimate of drug-likeness (QED) is 0.823. The standard InChI is InChI=1S/C11H13N3O/c1-8(12)4-9-5-13-11(14-6-9)10-2-3-15-7-10/h2-3,5-8H,4,12H2,1H3. The fourth-order valence-corrected chi connectivity index (χ4v) is 1.37. The topological polar surface area (TPSA) is 64.9 Å². The Morgan fingerprint density at radius 3 is 2.67 bits per heavy atom. The maximum absolute atomic E-state index is 5.69. The van der Waals surface area contributed by atoms with Crippen LogP contribution in [-0.2, 0) is 6.42 Å². The van der Waals surface area contributed by atoms with Crippen LogP contribution in [0.5, 0.6) is 0 Å². The largest absolute Gasteiger partial charge is 0.472 e. The molecule has 0 aliphatic rings. The summed E-state index contributed by atoms with van der Waals surface area (Å²) in [7, 11) is 0. The van der Waals surface area contributed by atoms with Gasteiger partial charge < -0.3 is 10.2 Å². The van der Waals surface area contributed by atoms with Gasteiger partial charge in [-0.05, 0) is 25.0 Å². The van der Waals surface area contributed by atoms with E-state index in [1.54, 1.807) is 24.9 Å². The molecule has 2 heterocycles. The van der Waals surface area contributed by atoms with Crippen LogP contribution in [0, 0.1) is 0 Å². The number of rotatable bonds is 3. The molecule has 4 nitrogen and oxygen atoms in total. The summed E-state index contributed by atoms with van der Waals surface area (Å²) in [6.07, 6.45) is 7.64. The molecule has 2 N–H and O–H groups in total. The van der Waals surface area contributed by atoms with Crippen LogP contribution in [0.3, 0.4) is 0 Å². The first-order chi connectivity index (χ1) is 7.25. The average Bonchev–Trinajstić information content (AvgIpc) is 2.71. The number of hydrogen-bond acceptors (Lipinski definition) is 4. The molecule has 0 aliphatic heterocycles. The summed E-state index contributed by atoms with van der Waals surface area (Å²) in [6.45, 7) is 1.96. The van der Waals surface area contributed by atoms with Crippen molar-refractivity contribution in [3.05, 3.63) is 36.5 Å². The van der Waals surface area contributed by atoms with E-state index in [1.165, 1.54) is 0 Å². The third-order valence-electron chi connectivity index (χ3n) is 2.04. The maximum atomic E-state index is 5.69. The van der Waals surface area contributed by atoms with E-state index in [1.807, 2.05) is 13.0 Å². The Morgan fingerprint density at radius 2 is 2.13 bits per heavy atom. The van der Waals surface area contributed by atoms with Crippen LogP contribution in [-0.4, -0.2) is 16.0 Å². The van der Waals surface area contributed by atoms with Gasteiger partial charge in [-0.3, -0.25) is 0 Å². The molecule has 4 heteroatoms. The fraction of sp³-hybridized carbons (Fsp3) is 0.273. The normalized spacial score (nSPS) is 12.7. The second-order valence-electron chi connectivity index (χ2n) is 3.61. The molecule has 0 fully saturated rings. The van der Waals surface area contributed by atoms with Gasteiger partial charge in [-0.2, -0.15) is 0 Å². The van der Waals surface area contributed by atoms with Crippen molar-refractivity contribution in [2.45, 2.75) is 19.4 Å². The van der Waals surface area contributed by atoms with Crippen LogP contribution in [0.25, 0.3) is 11.4 Å². The van der Waals surface area contributed by atoms with Gasteiger partial charge in [0.2, 0.25) is 0 Å². The van der Waals surface area contributed by atoms with E-state index in [9.17, 15) is 0 Å². The van der Waals surface area contributed by atoms with Gasteiger partial charge in [-0.25, -0.2) is 9.97 Å². The zero-order valence-corrected chi connectivity index (χ0v) is 8.55. The van der Waals surface area contributed by atoms with E-state index < -0.39 is 0 Å². The first-order valence-electron chi connectivity index (χ1n) is 4.85. The van der Waals surface area contributed by atoms with Gasteiger partial charge in [0, 0.05) is 18.4 Å². The Hall–Kier alpha value is -1.68. The highest BCUT2D eigenvalue weighted by atomic mass is 16.3. The van der Waals surface area contributed by atoms with Crippen molar-refractivity contribution in [2.24, 2.45) is 5.73 Å². The average molecular weight is 203 g/mol. The number of nitrogens with zero attached hydrogens (tertiary/aromatic N) is 2. The Labute approximate surface area is 88.2 Å². The molecule has 0 saturated heterocycles. The second kappa shape index (κ2) is 4.23. The summed E-state index contributed by atoms with van der Waals surface area (Å²) in [4.78, 5) is 8.50. The molecule has 0 radical (unpaired) electrons. The second-order valence-corrected chi connectivity index (χ2v) is 3.61. The molecule has 2 aromatic rings. The summed E-state index contributed by atoms with van der Waals surface area (Å²) in [5, 5.41) is 0. The number of furan rings is 1. The molecule has 1 unspecified atom stereocenters. The van der Waals surface area contributed by atoms with Crippen molar-refractivity contribution in [3.8, 4) is 11.4 Å². The third-order valence-corrected chi connectivity index (χ3v) is 2.04. The van der Waals surface area contributed by atoms with Crippen molar-refractivity contribution in [3.63, 3.8) is 0 Å². The first-order valence-corrected chi connectivity index (χ1v) is 4.85. The minimum Gasteiger partial charge on any atom is -0.472 e. The summed E-state index contributed by atoms with van der Waals surface area (Å²) in [5.74, 6) is 0.678. The van der Waals surface area contributed by atoms with Crippen LogP contribution >= 0.6 is 0 Å². The molecule has 1 atom stereocenters. The van der Waals surface area contributed by atoms with Crippen molar-refractivity contribution in [1.82, 2.24) is 9.97 Å². The van der Waals surface area contributed by atoms with Crippen LogP contribution < -0.4 is 5.73 Å². The highest BCUT2D eigenvalue weighted by Crippen LogP contribution is 2.14. The summed E-state index contributed by atoms with van der Waals surface area (Å²) < 4.78 is 4.96. The molecule has 0 saturated carbocycles. The van der Waals surface area contributed by atoms with E-state index in [-0.39, 0.29) is 6.04 Å². The smallest absolute Gasteiger partial charge is 0.162 e. The van der Waals surface area contributed by atoms with E-state index in [4.69, 9.17) is 10.2 Å². The molecule has 0 spiro atoms. The minimum absolute atomic E-state index is 0.133. The lowest BCUT2D eigenvalue weighted by molar-refractivity contribution is 0.568. The highest BCUT2D eigenvalue weighted by molar-refractivity contribution is 5.51. The lowest BCUT2D eigenvalue weighted by atomic mass is 10.1. The van der Waals surface area contributed by atoms with Gasteiger partial charge in [0.1, 0.15) is 6.26 Å². The van der Waals surface area contributed by atoms with E-state index in [0.717, 1.165) is 17.5 Å². The van der Waals surface area contributed by atoms with E-state index >= 15 is 0 Å². The molecule has 0 bridgehead atoms. The third kappa shape index (κ3) is 2.41. The predicted molar refractivity (Wildman–Crippen MR) is 57.1 cm³/mol. The van der Waals surface area contributed by atoms with Crippen LogP contribution in [0.15, 0.2) is 35.4 Å². The van der Waals surface area contributed by atoms with Crippen molar-refractivity contribution < 1.29 is 4.42 Å². The van der Waals surface area contributed by atoms with Gasteiger partial charge in [-0.1, -0.05) is 0 Å². The van der Waals surface area contributed by atoms with Crippen LogP contribution in [0.4, 0.5) is 0 Å². The minimum atomic E-state index is 0.133. The molecular formula is C11H13N3O. The predicted octanol–water partition coefficient (Wildman–Crippen LogP) is 1.63. The van der Waals surface area contributed by atoms with Crippen LogP contribution in [0.1, 0.15) is 12.5 Å². The molecule has 0 amide bonds. The monoisotopic (exact) mass is 203 g/mol. The Balaban J connectivity index is 2.17. The Bertz CT molecular complexity index is 406. The Morgan fingerprint density at radius 1 is 1.40 bits per heavy atom. The van der Waals surface area contributed by atoms with Gasteiger partial charge in [-0.15, -0.1) is 0 Å². The molecule has 2 aromatic heterocycles. The van der Waals surface area contributed by atoms with Crippen LogP contribution in [0.2, 0.25) is 0 Å². The molecule has 0 aromatic carbocycles. The number of aromatic nitrogens is 2. The van der Waals surface area contributed by atoms with Gasteiger partial charge in [0.25, 0.3) is 0 Å². The van der Waals surface area contributed by atoms with Gasteiger partial charge in [0.05, 0.1) is 11.8 Å². The van der Waals surface area contributed by atoms with E-state index in [0.29, 0.717) is 5.82 Å².